The van der Waals surface area contributed by atoms with Crippen LogP contribution in [0, 0.1) is 13.8 Å². The van der Waals surface area contributed by atoms with Gasteiger partial charge in [0.15, 0.2) is 5.82 Å². The van der Waals surface area contributed by atoms with Crippen molar-refractivity contribution in [3.63, 3.8) is 0 Å². The van der Waals surface area contributed by atoms with Crippen molar-refractivity contribution in [2.75, 3.05) is 11.9 Å². The molecule has 5 heteroatoms. The predicted octanol–water partition coefficient (Wildman–Crippen LogP) is 2.10. The molecule has 0 saturated carbocycles. The van der Waals surface area contributed by atoms with Gasteiger partial charge in [-0.1, -0.05) is 13.0 Å². The van der Waals surface area contributed by atoms with Gasteiger partial charge in [0.05, 0.1) is 0 Å². The summed E-state index contributed by atoms with van der Waals surface area (Å²) in [5, 5.41) is 7.58. The highest BCUT2D eigenvalue weighted by atomic mass is 15.4. The van der Waals surface area contributed by atoms with Crippen molar-refractivity contribution in [2.45, 2.75) is 27.2 Å². The monoisotopic (exact) mass is 231 g/mol. The molecule has 2 aromatic heterocycles. The second-order valence-corrected chi connectivity index (χ2v) is 3.93. The van der Waals surface area contributed by atoms with Gasteiger partial charge in [0.25, 0.3) is 0 Å². The number of nitrogens with zero attached hydrogens (tertiary/aromatic N) is 4. The fraction of sp³-hybridized carbons (Fsp3) is 0.417. The van der Waals surface area contributed by atoms with E-state index < -0.39 is 0 Å². The zero-order chi connectivity index (χ0) is 12.3. The number of aryl methyl sites for hydroxylation is 2. The summed E-state index contributed by atoms with van der Waals surface area (Å²) in [5.41, 5.74) is 0. The molecule has 5 nitrogen and oxygen atoms in total. The van der Waals surface area contributed by atoms with Crippen LogP contribution >= 0.6 is 0 Å². The van der Waals surface area contributed by atoms with Gasteiger partial charge >= 0.3 is 0 Å². The molecule has 0 atom stereocenters. The summed E-state index contributed by atoms with van der Waals surface area (Å²) in [4.78, 5) is 8.77. The Labute approximate surface area is 101 Å². The van der Waals surface area contributed by atoms with Crippen LogP contribution in [0.1, 0.15) is 25.0 Å². The third-order valence-electron chi connectivity index (χ3n) is 2.38. The highest BCUT2D eigenvalue weighted by Crippen LogP contribution is 2.10. The minimum absolute atomic E-state index is 0.760. The van der Waals surface area contributed by atoms with Gasteiger partial charge < -0.3 is 5.32 Å². The Bertz CT molecular complexity index is 503. The Morgan fingerprint density at radius 1 is 1.24 bits per heavy atom. The first kappa shape index (κ1) is 11.6. The maximum Gasteiger partial charge on any atom is 0.157 e. The average molecular weight is 231 g/mol. The van der Waals surface area contributed by atoms with Crippen LogP contribution in [-0.4, -0.2) is 26.3 Å². The van der Waals surface area contributed by atoms with Crippen molar-refractivity contribution in [3.8, 4) is 5.82 Å². The van der Waals surface area contributed by atoms with Crippen LogP contribution in [0.25, 0.3) is 5.82 Å². The van der Waals surface area contributed by atoms with Crippen LogP contribution in [0.3, 0.4) is 0 Å². The molecule has 2 rings (SSSR count). The second-order valence-electron chi connectivity index (χ2n) is 3.93. The van der Waals surface area contributed by atoms with Crippen molar-refractivity contribution in [1.82, 2.24) is 19.7 Å². The van der Waals surface area contributed by atoms with E-state index in [1.807, 2.05) is 32.0 Å². The molecule has 0 unspecified atom stereocenters. The molecule has 2 heterocycles. The standard InChI is InChI=1S/C12H17N5/c1-4-8-13-11-6-5-7-12(15-11)17-10(3)14-9(2)16-17/h5-7H,4,8H2,1-3H3,(H,13,15). The Morgan fingerprint density at radius 3 is 2.71 bits per heavy atom. The van der Waals surface area contributed by atoms with Crippen LogP contribution < -0.4 is 5.32 Å². The van der Waals surface area contributed by atoms with E-state index in [0.29, 0.717) is 0 Å². The van der Waals surface area contributed by atoms with Crippen LogP contribution in [-0.2, 0) is 0 Å². The van der Waals surface area contributed by atoms with Crippen molar-refractivity contribution in [2.24, 2.45) is 0 Å². The van der Waals surface area contributed by atoms with Crippen LogP contribution in [0.15, 0.2) is 18.2 Å². The van der Waals surface area contributed by atoms with Gasteiger partial charge in [-0.05, 0) is 32.4 Å². The van der Waals surface area contributed by atoms with Gasteiger partial charge in [0, 0.05) is 6.54 Å². The molecule has 0 aliphatic carbocycles. The summed E-state index contributed by atoms with van der Waals surface area (Å²) in [6.07, 6.45) is 1.08. The third-order valence-corrected chi connectivity index (χ3v) is 2.38. The molecule has 90 valence electrons. The molecule has 0 aromatic carbocycles. The lowest BCUT2D eigenvalue weighted by molar-refractivity contribution is 0.803. The Morgan fingerprint density at radius 2 is 2.06 bits per heavy atom. The number of hydrogen-bond donors (Lipinski definition) is 1. The van der Waals surface area contributed by atoms with Crippen molar-refractivity contribution in [3.05, 3.63) is 29.8 Å². The molecule has 0 amide bonds. The van der Waals surface area contributed by atoms with E-state index in [-0.39, 0.29) is 0 Å². The van der Waals surface area contributed by atoms with E-state index in [9.17, 15) is 0 Å². The van der Waals surface area contributed by atoms with Gasteiger partial charge in [-0.25, -0.2) is 9.97 Å². The smallest absolute Gasteiger partial charge is 0.157 e. The first-order valence-electron chi connectivity index (χ1n) is 5.82. The van der Waals surface area contributed by atoms with E-state index in [0.717, 1.165) is 36.3 Å². The van der Waals surface area contributed by atoms with Gasteiger partial charge in [-0.2, -0.15) is 4.68 Å². The number of pyridine rings is 1. The highest BCUT2D eigenvalue weighted by molar-refractivity contribution is 5.39. The maximum atomic E-state index is 4.50. The number of anilines is 1. The van der Waals surface area contributed by atoms with Crippen LogP contribution in [0.5, 0.6) is 0 Å². The SMILES string of the molecule is CCCNc1cccc(-n2nc(C)nc2C)n1. The zero-order valence-corrected chi connectivity index (χ0v) is 10.4. The maximum absolute atomic E-state index is 4.50. The second kappa shape index (κ2) is 4.95. The Balaban J connectivity index is 2.29. The average Bonchev–Trinajstić information content (AvgIpc) is 2.66. The van der Waals surface area contributed by atoms with Gasteiger partial charge in [-0.3, -0.25) is 0 Å². The van der Waals surface area contributed by atoms with Crippen molar-refractivity contribution < 1.29 is 0 Å². The van der Waals surface area contributed by atoms with E-state index in [1.54, 1.807) is 4.68 Å². The molecule has 0 fully saturated rings. The summed E-state index contributed by atoms with van der Waals surface area (Å²) in [7, 11) is 0. The van der Waals surface area contributed by atoms with E-state index in [1.165, 1.54) is 0 Å². The van der Waals surface area contributed by atoms with E-state index in [2.05, 4.69) is 27.3 Å². The molecule has 0 aliphatic rings. The van der Waals surface area contributed by atoms with E-state index in [4.69, 9.17) is 0 Å². The minimum Gasteiger partial charge on any atom is -0.370 e. The minimum atomic E-state index is 0.760. The lowest BCUT2D eigenvalue weighted by Gasteiger charge is -2.06. The number of rotatable bonds is 4. The molecule has 0 radical (unpaired) electrons. The van der Waals surface area contributed by atoms with E-state index >= 15 is 0 Å². The quantitative estimate of drug-likeness (QED) is 0.875. The third kappa shape index (κ3) is 2.61. The molecular weight excluding hydrogens is 214 g/mol. The largest absolute Gasteiger partial charge is 0.370 e. The summed E-state index contributed by atoms with van der Waals surface area (Å²) in [6, 6.07) is 5.85. The first-order chi connectivity index (χ1) is 8.20. The molecule has 0 spiro atoms. The summed E-state index contributed by atoms with van der Waals surface area (Å²) in [5.74, 6) is 3.28. The summed E-state index contributed by atoms with van der Waals surface area (Å²) in [6.45, 7) is 6.85. The van der Waals surface area contributed by atoms with Gasteiger partial charge in [-0.15, -0.1) is 5.10 Å². The number of nitrogens with one attached hydrogen (secondary N) is 1. The zero-order valence-electron chi connectivity index (χ0n) is 10.4. The molecule has 17 heavy (non-hydrogen) atoms. The molecule has 1 N–H and O–H groups in total. The lowest BCUT2D eigenvalue weighted by atomic mass is 10.4. The lowest BCUT2D eigenvalue weighted by Crippen LogP contribution is -2.06. The van der Waals surface area contributed by atoms with Crippen molar-refractivity contribution in [1.29, 1.82) is 0 Å². The van der Waals surface area contributed by atoms with Crippen molar-refractivity contribution >= 4 is 5.82 Å². The fourth-order valence-corrected chi connectivity index (χ4v) is 1.63. The predicted molar refractivity (Wildman–Crippen MR) is 67.4 cm³/mol. The molecule has 0 bridgehead atoms. The molecule has 2 aromatic rings. The number of aromatic nitrogens is 4. The Hall–Kier alpha value is -1.91. The molecule has 0 saturated heterocycles. The van der Waals surface area contributed by atoms with Gasteiger partial charge in [0.2, 0.25) is 0 Å². The highest BCUT2D eigenvalue weighted by Gasteiger charge is 2.06. The molecule has 0 aliphatic heterocycles. The topological polar surface area (TPSA) is 55.6 Å². The fourth-order valence-electron chi connectivity index (χ4n) is 1.63. The van der Waals surface area contributed by atoms with Crippen LogP contribution in [0.4, 0.5) is 5.82 Å². The number of hydrogen-bond acceptors (Lipinski definition) is 4. The summed E-state index contributed by atoms with van der Waals surface area (Å²) < 4.78 is 1.76. The normalized spacial score (nSPS) is 10.5. The van der Waals surface area contributed by atoms with Gasteiger partial charge in [0.1, 0.15) is 17.5 Å². The summed E-state index contributed by atoms with van der Waals surface area (Å²) >= 11 is 0. The Kier molecular flexibility index (Phi) is 3.37. The van der Waals surface area contributed by atoms with Crippen LogP contribution in [0.2, 0.25) is 0 Å². The molecular formula is C12H17N5. The first-order valence-corrected chi connectivity index (χ1v) is 5.82.